The van der Waals surface area contributed by atoms with E-state index in [9.17, 15) is 19.5 Å². The summed E-state index contributed by atoms with van der Waals surface area (Å²) in [4.78, 5) is 35.9. The zero-order chi connectivity index (χ0) is 19.1. The van der Waals surface area contributed by atoms with Crippen LogP contribution in [-0.4, -0.2) is 28.9 Å². The van der Waals surface area contributed by atoms with E-state index in [1.54, 1.807) is 37.3 Å². The first-order valence-electron chi connectivity index (χ1n) is 7.80. The summed E-state index contributed by atoms with van der Waals surface area (Å²) < 4.78 is 0. The molecule has 0 saturated heterocycles. The van der Waals surface area contributed by atoms with Gasteiger partial charge >= 0.3 is 0 Å². The average molecular weight is 376 g/mol. The van der Waals surface area contributed by atoms with Crippen molar-refractivity contribution in [3.63, 3.8) is 0 Å². The van der Waals surface area contributed by atoms with Gasteiger partial charge in [0.05, 0.1) is 5.56 Å². The Labute approximate surface area is 155 Å². The van der Waals surface area contributed by atoms with E-state index in [1.807, 2.05) is 0 Å². The highest BCUT2D eigenvalue weighted by Crippen LogP contribution is 2.20. The number of benzene rings is 2. The Hall–Kier alpha value is -3.06. The minimum absolute atomic E-state index is 0.0413. The molecular formula is C18H18ClN3O4. The lowest BCUT2D eigenvalue weighted by Gasteiger charge is -2.14. The Kier molecular flexibility index (Phi) is 6.57. The van der Waals surface area contributed by atoms with E-state index in [0.29, 0.717) is 5.56 Å². The maximum absolute atomic E-state index is 12.0. The van der Waals surface area contributed by atoms with Crippen LogP contribution in [0.1, 0.15) is 34.1 Å². The lowest BCUT2D eigenvalue weighted by atomic mass is 10.1. The lowest BCUT2D eigenvalue weighted by molar-refractivity contribution is -0.122. The van der Waals surface area contributed by atoms with Gasteiger partial charge in [0.25, 0.3) is 11.8 Å². The van der Waals surface area contributed by atoms with Crippen LogP contribution < -0.4 is 16.2 Å². The second-order valence-electron chi connectivity index (χ2n) is 5.61. The Balaban J connectivity index is 1.82. The van der Waals surface area contributed by atoms with Crippen molar-refractivity contribution >= 4 is 29.3 Å². The molecule has 0 aromatic heterocycles. The molecule has 0 bridgehead atoms. The number of hydrazine groups is 1. The zero-order valence-corrected chi connectivity index (χ0v) is 14.7. The summed E-state index contributed by atoms with van der Waals surface area (Å²) in [5.41, 5.74) is 4.84. The van der Waals surface area contributed by atoms with Gasteiger partial charge in [0.1, 0.15) is 5.75 Å². The quantitative estimate of drug-likeness (QED) is 0.599. The van der Waals surface area contributed by atoms with Crippen molar-refractivity contribution in [3.05, 3.63) is 64.7 Å². The summed E-state index contributed by atoms with van der Waals surface area (Å²) >= 11 is 5.77. The predicted octanol–water partition coefficient (Wildman–Crippen LogP) is 2.02. The fourth-order valence-electron chi connectivity index (χ4n) is 2.16. The van der Waals surface area contributed by atoms with Crippen molar-refractivity contribution < 1.29 is 19.5 Å². The van der Waals surface area contributed by atoms with E-state index in [1.165, 1.54) is 18.2 Å². The number of nitrogens with one attached hydrogen (secondary N) is 3. The molecule has 0 spiro atoms. The number of carbonyl (C=O) groups excluding carboxylic acids is 3. The van der Waals surface area contributed by atoms with Gasteiger partial charge in [-0.05, 0) is 37.3 Å². The van der Waals surface area contributed by atoms with Gasteiger partial charge in [0.15, 0.2) is 0 Å². The number of amides is 3. The van der Waals surface area contributed by atoms with Crippen LogP contribution in [-0.2, 0) is 4.79 Å². The minimum atomic E-state index is -0.709. The monoisotopic (exact) mass is 375 g/mol. The average Bonchev–Trinajstić information content (AvgIpc) is 2.62. The van der Waals surface area contributed by atoms with Crippen molar-refractivity contribution in [3.8, 4) is 5.75 Å². The first-order valence-corrected chi connectivity index (χ1v) is 8.18. The van der Waals surface area contributed by atoms with Gasteiger partial charge in [0.2, 0.25) is 5.91 Å². The molecule has 2 aromatic carbocycles. The Morgan fingerprint density at radius 3 is 2.42 bits per heavy atom. The number of rotatable bonds is 5. The molecule has 0 aliphatic carbocycles. The predicted molar refractivity (Wildman–Crippen MR) is 96.7 cm³/mol. The molecule has 26 heavy (non-hydrogen) atoms. The Morgan fingerprint density at radius 1 is 1.04 bits per heavy atom. The van der Waals surface area contributed by atoms with Gasteiger partial charge in [-0.25, -0.2) is 0 Å². The van der Waals surface area contributed by atoms with Crippen LogP contribution in [0.4, 0.5) is 0 Å². The van der Waals surface area contributed by atoms with E-state index in [-0.39, 0.29) is 28.7 Å². The first-order chi connectivity index (χ1) is 12.4. The van der Waals surface area contributed by atoms with E-state index in [0.717, 1.165) is 0 Å². The molecule has 0 aliphatic heterocycles. The highest BCUT2D eigenvalue weighted by Gasteiger charge is 2.15. The van der Waals surface area contributed by atoms with Gasteiger partial charge in [-0.1, -0.05) is 29.8 Å². The molecule has 3 amide bonds. The van der Waals surface area contributed by atoms with Gasteiger partial charge in [-0.3, -0.25) is 25.2 Å². The normalized spacial score (nSPS) is 11.3. The van der Waals surface area contributed by atoms with E-state index in [4.69, 9.17) is 11.6 Å². The van der Waals surface area contributed by atoms with Gasteiger partial charge in [-0.2, -0.15) is 0 Å². The van der Waals surface area contributed by atoms with Crippen LogP contribution in [0.25, 0.3) is 0 Å². The van der Waals surface area contributed by atoms with Gasteiger partial charge in [-0.15, -0.1) is 0 Å². The summed E-state index contributed by atoms with van der Waals surface area (Å²) in [6.45, 7) is 1.67. The number of phenolic OH excluding ortho intramolecular Hbond substituents is 1. The molecule has 0 saturated carbocycles. The highest BCUT2D eigenvalue weighted by molar-refractivity contribution is 6.31. The van der Waals surface area contributed by atoms with Crippen LogP contribution >= 0.6 is 11.6 Å². The number of halogens is 1. The summed E-state index contributed by atoms with van der Waals surface area (Å²) in [7, 11) is 0. The zero-order valence-electron chi connectivity index (χ0n) is 14.0. The molecular weight excluding hydrogens is 358 g/mol. The smallest absolute Gasteiger partial charge is 0.273 e. The third-order valence-corrected chi connectivity index (χ3v) is 3.66. The second kappa shape index (κ2) is 8.87. The van der Waals surface area contributed by atoms with Crippen molar-refractivity contribution in [2.75, 3.05) is 0 Å². The van der Waals surface area contributed by atoms with E-state index < -0.39 is 17.9 Å². The lowest BCUT2D eigenvalue weighted by Crippen LogP contribution is -2.44. The molecule has 0 unspecified atom stereocenters. The maximum atomic E-state index is 12.0. The largest absolute Gasteiger partial charge is 0.507 e. The van der Waals surface area contributed by atoms with Crippen LogP contribution in [0.2, 0.25) is 5.02 Å². The SMILES string of the molecule is C[C@H](CC(=O)NNC(=O)c1cc(Cl)ccc1O)NC(=O)c1ccccc1. The maximum Gasteiger partial charge on any atom is 0.273 e. The third-order valence-electron chi connectivity index (χ3n) is 3.42. The number of phenols is 1. The topological polar surface area (TPSA) is 108 Å². The number of carbonyl (C=O) groups is 3. The van der Waals surface area contributed by atoms with E-state index >= 15 is 0 Å². The number of hydrogen-bond donors (Lipinski definition) is 4. The highest BCUT2D eigenvalue weighted by atomic mass is 35.5. The Morgan fingerprint density at radius 2 is 1.73 bits per heavy atom. The van der Waals surface area contributed by atoms with Crippen LogP contribution in [0.3, 0.4) is 0 Å². The van der Waals surface area contributed by atoms with Crippen molar-refractivity contribution in [1.29, 1.82) is 0 Å². The number of hydrogen-bond acceptors (Lipinski definition) is 4. The fourth-order valence-corrected chi connectivity index (χ4v) is 2.33. The molecule has 1 atom stereocenters. The van der Waals surface area contributed by atoms with Crippen molar-refractivity contribution in [2.45, 2.75) is 19.4 Å². The molecule has 2 rings (SSSR count). The Bertz CT molecular complexity index is 811. The molecule has 0 aliphatic rings. The summed E-state index contributed by atoms with van der Waals surface area (Å²) in [6, 6.07) is 12.2. The van der Waals surface area contributed by atoms with Gasteiger partial charge in [0, 0.05) is 23.0 Å². The molecule has 8 heteroatoms. The molecule has 0 fully saturated rings. The molecule has 136 valence electrons. The second-order valence-corrected chi connectivity index (χ2v) is 6.04. The molecule has 0 radical (unpaired) electrons. The number of aromatic hydroxyl groups is 1. The van der Waals surface area contributed by atoms with Crippen LogP contribution in [0.15, 0.2) is 48.5 Å². The van der Waals surface area contributed by atoms with Crippen LogP contribution in [0.5, 0.6) is 5.75 Å². The summed E-state index contributed by atoms with van der Waals surface area (Å²) in [5.74, 6) is -1.76. The third kappa shape index (κ3) is 5.49. The molecule has 0 heterocycles. The van der Waals surface area contributed by atoms with Crippen LogP contribution in [0, 0.1) is 0 Å². The first kappa shape index (κ1) is 19.3. The minimum Gasteiger partial charge on any atom is -0.507 e. The fraction of sp³-hybridized carbons (Fsp3) is 0.167. The summed E-state index contributed by atoms with van der Waals surface area (Å²) in [6.07, 6.45) is -0.0413. The van der Waals surface area contributed by atoms with E-state index in [2.05, 4.69) is 16.2 Å². The molecule has 7 nitrogen and oxygen atoms in total. The van der Waals surface area contributed by atoms with Crippen molar-refractivity contribution in [2.24, 2.45) is 0 Å². The summed E-state index contributed by atoms with van der Waals surface area (Å²) in [5, 5.41) is 12.6. The molecule has 4 N–H and O–H groups in total. The van der Waals surface area contributed by atoms with Gasteiger partial charge < -0.3 is 10.4 Å². The van der Waals surface area contributed by atoms with Crippen molar-refractivity contribution in [1.82, 2.24) is 16.2 Å². The standard InChI is InChI=1S/C18H18ClN3O4/c1-11(20-17(25)12-5-3-2-4-6-12)9-16(24)21-22-18(26)14-10-13(19)7-8-15(14)23/h2-8,10-11,23H,9H2,1H3,(H,20,25)(H,21,24)(H,22,26)/t11-/m1/s1. The molecule has 2 aromatic rings.